The van der Waals surface area contributed by atoms with Gasteiger partial charge in [-0.2, -0.15) is 16.8 Å². The van der Waals surface area contributed by atoms with Crippen molar-refractivity contribution in [3.05, 3.63) is 54.6 Å². The molecule has 0 saturated carbocycles. The van der Waals surface area contributed by atoms with E-state index in [-0.39, 0.29) is 4.90 Å². The Morgan fingerprint density at radius 3 is 1.75 bits per heavy atom. The minimum Gasteiger partial charge on any atom is -0.263 e. The predicted octanol–water partition coefficient (Wildman–Crippen LogP) is 1.86. The van der Waals surface area contributed by atoms with Crippen molar-refractivity contribution in [3.8, 4) is 11.1 Å². The summed E-state index contributed by atoms with van der Waals surface area (Å²) in [6.45, 7) is 0. The van der Waals surface area contributed by atoms with Gasteiger partial charge in [0.25, 0.3) is 0 Å². The van der Waals surface area contributed by atoms with E-state index in [2.05, 4.69) is 3.63 Å². The molecule has 0 aliphatic heterocycles. The van der Waals surface area contributed by atoms with Gasteiger partial charge in [-0.3, -0.25) is 4.55 Å². The quantitative estimate of drug-likeness (QED) is 0.865. The molecular weight excluding hydrogens is 304 g/mol. The molecule has 0 aromatic heterocycles. The highest BCUT2D eigenvalue weighted by Crippen LogP contribution is 2.22. The van der Waals surface area contributed by atoms with Gasteiger partial charge in [-0.05, 0) is 23.3 Å². The van der Waals surface area contributed by atoms with E-state index in [0.717, 1.165) is 11.1 Å². The normalized spacial score (nSPS) is 12.2. The van der Waals surface area contributed by atoms with Gasteiger partial charge in [0.1, 0.15) is 0 Å². The van der Waals surface area contributed by atoms with Crippen molar-refractivity contribution in [3.63, 3.8) is 0 Å². The van der Waals surface area contributed by atoms with Gasteiger partial charge in [0.05, 0.1) is 4.90 Å². The summed E-state index contributed by atoms with van der Waals surface area (Å²) in [6, 6.07) is 14.6. The second-order valence-corrected chi connectivity index (χ2v) is 6.62. The molecule has 6 nitrogen and oxygen atoms in total. The molecule has 0 spiro atoms. The minimum atomic E-state index is -5.08. The molecule has 2 rings (SSSR count). The first-order valence-corrected chi connectivity index (χ1v) is 8.14. The molecule has 0 radical (unpaired) electrons. The summed E-state index contributed by atoms with van der Waals surface area (Å²) in [6.07, 6.45) is 0. The molecule has 2 aromatic rings. The molecule has 0 saturated heterocycles. The van der Waals surface area contributed by atoms with Gasteiger partial charge >= 0.3 is 20.5 Å². The maximum atomic E-state index is 11.5. The molecule has 0 heterocycles. The largest absolute Gasteiger partial charge is 0.412 e. The fourth-order valence-corrected chi connectivity index (χ4v) is 3.29. The van der Waals surface area contributed by atoms with E-state index in [1.54, 1.807) is 0 Å². The Kier molecular flexibility index (Phi) is 3.91. The van der Waals surface area contributed by atoms with Gasteiger partial charge in [0.2, 0.25) is 0 Å². The summed E-state index contributed by atoms with van der Waals surface area (Å²) in [7, 11) is -9.64. The van der Waals surface area contributed by atoms with Gasteiger partial charge in [0, 0.05) is 0 Å². The fraction of sp³-hybridized carbons (Fsp3) is 0. The summed E-state index contributed by atoms with van der Waals surface area (Å²) in [5.41, 5.74) is 1.64. The van der Waals surface area contributed by atoms with E-state index in [9.17, 15) is 16.8 Å². The monoisotopic (exact) mass is 314 g/mol. The summed E-state index contributed by atoms with van der Waals surface area (Å²) in [5.74, 6) is 0. The van der Waals surface area contributed by atoms with Crippen LogP contribution in [0.5, 0.6) is 0 Å². The van der Waals surface area contributed by atoms with Gasteiger partial charge in [-0.1, -0.05) is 42.5 Å². The molecule has 0 bridgehead atoms. The summed E-state index contributed by atoms with van der Waals surface area (Å²) in [5, 5.41) is 0. The van der Waals surface area contributed by atoms with Crippen LogP contribution in [0.15, 0.2) is 59.5 Å². The van der Waals surface area contributed by atoms with Crippen molar-refractivity contribution in [2.45, 2.75) is 4.90 Å². The van der Waals surface area contributed by atoms with E-state index < -0.39 is 20.5 Å². The first kappa shape index (κ1) is 14.7. The van der Waals surface area contributed by atoms with Crippen molar-refractivity contribution in [1.29, 1.82) is 0 Å². The number of benzene rings is 2. The number of rotatable bonds is 4. The third-order valence-electron chi connectivity index (χ3n) is 2.43. The second-order valence-electron chi connectivity index (χ2n) is 3.84. The van der Waals surface area contributed by atoms with Crippen LogP contribution in [0.1, 0.15) is 0 Å². The lowest BCUT2D eigenvalue weighted by Gasteiger charge is -2.04. The molecule has 1 N–H and O–H groups in total. The molecule has 2 aromatic carbocycles. The number of hydrogen-bond acceptors (Lipinski definition) is 5. The van der Waals surface area contributed by atoms with Crippen molar-refractivity contribution < 1.29 is 25.0 Å². The van der Waals surface area contributed by atoms with Crippen molar-refractivity contribution >= 4 is 20.5 Å². The maximum absolute atomic E-state index is 11.5. The molecule has 0 amide bonds. The highest BCUT2D eigenvalue weighted by molar-refractivity contribution is 7.97. The van der Waals surface area contributed by atoms with E-state index >= 15 is 0 Å². The van der Waals surface area contributed by atoms with Gasteiger partial charge in [-0.15, -0.1) is 3.63 Å². The van der Waals surface area contributed by atoms with Gasteiger partial charge in [-0.25, -0.2) is 0 Å². The third-order valence-corrected chi connectivity index (χ3v) is 4.68. The molecular formula is C12H10O6S2. The van der Waals surface area contributed by atoms with Crippen LogP contribution in [-0.4, -0.2) is 21.4 Å². The lowest BCUT2D eigenvalue weighted by molar-refractivity contribution is 0.383. The van der Waals surface area contributed by atoms with Gasteiger partial charge in [0.15, 0.2) is 0 Å². The van der Waals surface area contributed by atoms with Crippen LogP contribution in [0.2, 0.25) is 0 Å². The second kappa shape index (κ2) is 5.33. The third kappa shape index (κ3) is 3.64. The summed E-state index contributed by atoms with van der Waals surface area (Å²) < 4.78 is 56.1. The van der Waals surface area contributed by atoms with Crippen molar-refractivity contribution in [1.82, 2.24) is 0 Å². The van der Waals surface area contributed by atoms with Crippen LogP contribution >= 0.6 is 0 Å². The predicted molar refractivity (Wildman–Crippen MR) is 71.7 cm³/mol. The Hall–Kier alpha value is -1.74. The Bertz CT molecular complexity index is 793. The van der Waals surface area contributed by atoms with Crippen LogP contribution < -0.4 is 0 Å². The minimum absolute atomic E-state index is 0.366. The standard InChI is InChI=1S/C12H10O6S2/c13-19(14,18-20(15,16)17)12-8-6-11(7-9-12)10-4-2-1-3-5-10/h1-9H,(H,15,16,17). The van der Waals surface area contributed by atoms with Crippen LogP contribution in [0.3, 0.4) is 0 Å². The summed E-state index contributed by atoms with van der Waals surface area (Å²) in [4.78, 5) is -0.366. The Morgan fingerprint density at radius 1 is 0.750 bits per heavy atom. The zero-order valence-corrected chi connectivity index (χ0v) is 11.6. The zero-order valence-electron chi connectivity index (χ0n) is 10.0. The first-order chi connectivity index (χ1) is 9.28. The number of hydrogen-bond donors (Lipinski definition) is 1. The molecule has 106 valence electrons. The topological polar surface area (TPSA) is 97.7 Å². The van der Waals surface area contributed by atoms with E-state index in [1.807, 2.05) is 30.3 Å². The summed E-state index contributed by atoms with van der Waals surface area (Å²) >= 11 is 0. The van der Waals surface area contributed by atoms with Crippen LogP contribution in [-0.2, 0) is 24.1 Å². The average Bonchev–Trinajstić information content (AvgIpc) is 2.37. The Balaban J connectivity index is 2.34. The molecule has 8 heteroatoms. The molecule has 0 unspecified atom stereocenters. The van der Waals surface area contributed by atoms with E-state index in [1.165, 1.54) is 24.3 Å². The maximum Gasteiger partial charge on any atom is 0.412 e. The highest BCUT2D eigenvalue weighted by Gasteiger charge is 2.22. The molecule has 0 aliphatic rings. The van der Waals surface area contributed by atoms with E-state index in [0.29, 0.717) is 0 Å². The first-order valence-electron chi connectivity index (χ1n) is 5.37. The molecule has 0 fully saturated rings. The van der Waals surface area contributed by atoms with Crippen LogP contribution in [0, 0.1) is 0 Å². The average molecular weight is 314 g/mol. The molecule has 20 heavy (non-hydrogen) atoms. The van der Waals surface area contributed by atoms with E-state index in [4.69, 9.17) is 4.55 Å². The lowest BCUT2D eigenvalue weighted by Crippen LogP contribution is -2.12. The van der Waals surface area contributed by atoms with Crippen molar-refractivity contribution in [2.24, 2.45) is 0 Å². The molecule has 0 aliphatic carbocycles. The Labute approximate surface area is 116 Å². The zero-order chi connectivity index (χ0) is 14.8. The lowest BCUT2D eigenvalue weighted by atomic mass is 10.1. The highest BCUT2D eigenvalue weighted by atomic mass is 32.3. The SMILES string of the molecule is O=S(=O)(O)OS(=O)(=O)c1ccc(-c2ccccc2)cc1. The molecule has 0 atom stereocenters. The van der Waals surface area contributed by atoms with Gasteiger partial charge < -0.3 is 0 Å². The van der Waals surface area contributed by atoms with Crippen LogP contribution in [0.25, 0.3) is 11.1 Å². The Morgan fingerprint density at radius 2 is 1.25 bits per heavy atom. The van der Waals surface area contributed by atoms with Crippen molar-refractivity contribution in [2.75, 3.05) is 0 Å². The fourth-order valence-electron chi connectivity index (χ4n) is 1.60. The smallest absolute Gasteiger partial charge is 0.263 e. The van der Waals surface area contributed by atoms with Crippen LogP contribution in [0.4, 0.5) is 0 Å².